The molecule has 1 unspecified atom stereocenters. The van der Waals surface area contributed by atoms with E-state index in [1.807, 2.05) is 29.0 Å². The average molecular weight is 786 g/mol. The number of nitrogens with zero attached hydrogens (tertiary/aromatic N) is 3. The van der Waals surface area contributed by atoms with Crippen LogP contribution in [-0.2, 0) is 38.6 Å². The molecule has 3 rings (SSSR count). The van der Waals surface area contributed by atoms with E-state index < -0.39 is 12.0 Å². The fourth-order valence-corrected chi connectivity index (χ4v) is 7.19. The van der Waals surface area contributed by atoms with Crippen LogP contribution in [0.3, 0.4) is 0 Å². The van der Waals surface area contributed by atoms with E-state index in [-0.39, 0.29) is 36.7 Å². The largest absolute Gasteiger partial charge is 0.467 e. The maximum Gasteiger partial charge on any atom is 0.328 e. The topological polar surface area (TPSA) is 106 Å². The van der Waals surface area contributed by atoms with Gasteiger partial charge >= 0.3 is 5.97 Å². The second-order valence-corrected chi connectivity index (χ2v) is 16.3. The minimum absolute atomic E-state index is 0.0589. The molecule has 0 spiro atoms. The summed E-state index contributed by atoms with van der Waals surface area (Å²) in [5, 5.41) is 8.49. The van der Waals surface area contributed by atoms with Crippen LogP contribution >= 0.6 is 11.8 Å². The predicted octanol–water partition coefficient (Wildman–Crippen LogP) is 8.83. The van der Waals surface area contributed by atoms with Gasteiger partial charge in [-0.25, -0.2) is 9.78 Å². The van der Waals surface area contributed by atoms with Crippen molar-refractivity contribution in [2.75, 3.05) is 32.2 Å². The standard InChI is InChI=1S/C46H67N5O4S/c1-9-37(6)43(49-44(52)28-40-29-47-33-51(40)26-24-36(5)18-11-10-17-35(4)19-14-16-34(2)3)31-50(30-39-22-15-21-38-20-12-13-23-41(38)39)32-45(53)48-42(25-27-56-8)46(54)55-7/h12-13,15-17,20-24,29,33,37,42-43H,9-11,14,18-19,25-28,30-32H2,1-8H3,(H,48,53)(H,49,52)/b35-17+,36-24+/t37?,42-,43+/m0/s1. The van der Waals surface area contributed by atoms with Crippen LogP contribution in [0.5, 0.6) is 0 Å². The highest BCUT2D eigenvalue weighted by molar-refractivity contribution is 7.98. The predicted molar refractivity (Wildman–Crippen MR) is 234 cm³/mol. The number of carbonyl (C=O) groups excluding carboxylic acids is 3. The molecule has 56 heavy (non-hydrogen) atoms. The van der Waals surface area contributed by atoms with Gasteiger partial charge in [0, 0.05) is 37.6 Å². The molecule has 2 amide bonds. The Labute approximate surface area is 340 Å². The van der Waals surface area contributed by atoms with Gasteiger partial charge in [-0.3, -0.25) is 14.5 Å². The number of ether oxygens (including phenoxy) is 1. The summed E-state index contributed by atoms with van der Waals surface area (Å²) in [5.41, 5.74) is 6.11. The Hall–Kier alpha value is -4.15. The number of carbonyl (C=O) groups is 3. The molecule has 10 heteroatoms. The molecule has 0 saturated carbocycles. The Kier molecular flexibility index (Phi) is 20.8. The lowest BCUT2D eigenvalue weighted by Gasteiger charge is -2.32. The Morgan fingerprint density at radius 2 is 1.70 bits per heavy atom. The van der Waals surface area contributed by atoms with E-state index in [0.717, 1.165) is 60.6 Å². The zero-order valence-corrected chi connectivity index (χ0v) is 36.1. The number of methoxy groups -OCH3 is 1. The van der Waals surface area contributed by atoms with E-state index in [1.54, 1.807) is 24.3 Å². The minimum Gasteiger partial charge on any atom is -0.467 e. The number of benzene rings is 2. The number of thioether (sulfide) groups is 1. The first-order valence-electron chi connectivity index (χ1n) is 20.2. The fourth-order valence-electron chi connectivity index (χ4n) is 6.72. The summed E-state index contributed by atoms with van der Waals surface area (Å²) in [6.45, 7) is 14.6. The number of nitrogens with one attached hydrogen (secondary N) is 2. The summed E-state index contributed by atoms with van der Waals surface area (Å²) in [6.07, 6.45) is 19.4. The average Bonchev–Trinajstić information content (AvgIpc) is 3.62. The molecule has 0 fully saturated rings. The highest BCUT2D eigenvalue weighted by Gasteiger charge is 2.26. The molecular weight excluding hydrogens is 719 g/mol. The molecule has 1 heterocycles. The van der Waals surface area contributed by atoms with Crippen LogP contribution in [0.25, 0.3) is 10.8 Å². The van der Waals surface area contributed by atoms with E-state index in [4.69, 9.17) is 4.74 Å². The van der Waals surface area contributed by atoms with Crippen LogP contribution in [0.15, 0.2) is 89.9 Å². The van der Waals surface area contributed by atoms with Crippen molar-refractivity contribution in [2.45, 2.75) is 118 Å². The van der Waals surface area contributed by atoms with E-state index in [0.29, 0.717) is 31.8 Å². The molecular formula is C46H67N5O4S. The Morgan fingerprint density at radius 3 is 2.43 bits per heavy atom. The van der Waals surface area contributed by atoms with Crippen LogP contribution in [0.1, 0.15) is 97.7 Å². The molecule has 0 bridgehead atoms. The van der Waals surface area contributed by atoms with E-state index >= 15 is 0 Å². The lowest BCUT2D eigenvalue weighted by Crippen LogP contribution is -2.51. The Bertz CT molecular complexity index is 1770. The van der Waals surface area contributed by atoms with Gasteiger partial charge in [-0.15, -0.1) is 0 Å². The number of allylic oxidation sites excluding steroid dienone is 6. The zero-order chi connectivity index (χ0) is 40.9. The SMILES string of the molecule is CCC(C)[C@@H](CN(CC(=O)N[C@@H](CCSC)C(=O)OC)Cc1cccc2ccccc12)NC(=O)Cc1cncn1C/C=C(\C)CCC/C=C(\C)CCC=C(C)C. The van der Waals surface area contributed by atoms with Crippen LogP contribution < -0.4 is 10.6 Å². The van der Waals surface area contributed by atoms with Crippen molar-refractivity contribution >= 4 is 40.3 Å². The molecule has 3 atom stereocenters. The van der Waals surface area contributed by atoms with Crippen LogP contribution in [0.4, 0.5) is 0 Å². The van der Waals surface area contributed by atoms with Gasteiger partial charge in [-0.1, -0.05) is 97.7 Å². The fraction of sp³-hybridized carbons (Fsp3) is 0.522. The maximum atomic E-state index is 13.7. The lowest BCUT2D eigenvalue weighted by atomic mass is 9.97. The number of hydrogen-bond donors (Lipinski definition) is 2. The summed E-state index contributed by atoms with van der Waals surface area (Å²) < 4.78 is 7.04. The van der Waals surface area contributed by atoms with E-state index in [2.05, 4.69) is 105 Å². The first kappa shape index (κ1) is 46.2. The Morgan fingerprint density at radius 1 is 0.946 bits per heavy atom. The smallest absolute Gasteiger partial charge is 0.328 e. The molecule has 3 aromatic rings. The van der Waals surface area contributed by atoms with E-state index in [9.17, 15) is 14.4 Å². The summed E-state index contributed by atoms with van der Waals surface area (Å²) in [5.74, 6) is 0.0674. The third kappa shape index (κ3) is 16.5. The lowest BCUT2D eigenvalue weighted by molar-refractivity contribution is -0.145. The zero-order valence-electron chi connectivity index (χ0n) is 35.2. The maximum absolute atomic E-state index is 13.7. The quantitative estimate of drug-likeness (QED) is 0.0503. The van der Waals surface area contributed by atoms with Gasteiger partial charge < -0.3 is 19.9 Å². The van der Waals surface area contributed by atoms with Gasteiger partial charge in [0.05, 0.1) is 26.4 Å². The molecule has 0 radical (unpaired) electrons. The molecule has 0 aliphatic rings. The highest BCUT2D eigenvalue weighted by atomic mass is 32.2. The van der Waals surface area contributed by atoms with Crippen molar-refractivity contribution in [3.8, 4) is 0 Å². The van der Waals surface area contributed by atoms with Crippen molar-refractivity contribution < 1.29 is 19.1 Å². The normalized spacial score (nSPS) is 13.7. The molecule has 306 valence electrons. The number of amides is 2. The first-order valence-corrected chi connectivity index (χ1v) is 21.6. The number of hydrogen-bond acceptors (Lipinski definition) is 7. The highest BCUT2D eigenvalue weighted by Crippen LogP contribution is 2.21. The number of fused-ring (bicyclic) bond motifs is 1. The van der Waals surface area contributed by atoms with Gasteiger partial charge in [-0.2, -0.15) is 11.8 Å². The number of rotatable bonds is 25. The van der Waals surface area contributed by atoms with Gasteiger partial charge in [-0.05, 0) is 100 Å². The molecule has 2 aromatic carbocycles. The van der Waals surface area contributed by atoms with Gasteiger partial charge in [0.25, 0.3) is 0 Å². The Balaban J connectivity index is 1.70. The van der Waals surface area contributed by atoms with Crippen molar-refractivity contribution in [2.24, 2.45) is 5.92 Å². The van der Waals surface area contributed by atoms with Crippen molar-refractivity contribution in [1.29, 1.82) is 0 Å². The number of esters is 1. The van der Waals surface area contributed by atoms with Gasteiger partial charge in [0.2, 0.25) is 11.8 Å². The molecule has 0 saturated heterocycles. The third-order valence-corrected chi connectivity index (χ3v) is 11.0. The second kappa shape index (κ2) is 25.2. The number of unbranched alkanes of at least 4 members (excludes halogenated alkanes) is 1. The summed E-state index contributed by atoms with van der Waals surface area (Å²) in [6, 6.07) is 13.5. The van der Waals surface area contributed by atoms with Gasteiger partial charge in [0.15, 0.2) is 0 Å². The third-order valence-electron chi connectivity index (χ3n) is 10.3. The molecule has 2 N–H and O–H groups in total. The van der Waals surface area contributed by atoms with Crippen LogP contribution in [0, 0.1) is 5.92 Å². The summed E-state index contributed by atoms with van der Waals surface area (Å²) >= 11 is 1.61. The van der Waals surface area contributed by atoms with Crippen LogP contribution in [-0.4, -0.2) is 76.5 Å². The van der Waals surface area contributed by atoms with Gasteiger partial charge in [0.1, 0.15) is 6.04 Å². The minimum atomic E-state index is -0.720. The number of imidazole rings is 1. The second-order valence-electron chi connectivity index (χ2n) is 15.3. The summed E-state index contributed by atoms with van der Waals surface area (Å²) in [4.78, 5) is 46.3. The van der Waals surface area contributed by atoms with Crippen molar-refractivity contribution in [3.63, 3.8) is 0 Å². The first-order chi connectivity index (χ1) is 26.9. The molecule has 1 aromatic heterocycles. The number of aromatic nitrogens is 2. The summed E-state index contributed by atoms with van der Waals surface area (Å²) in [7, 11) is 1.34. The van der Waals surface area contributed by atoms with Crippen molar-refractivity contribution in [1.82, 2.24) is 25.1 Å². The van der Waals surface area contributed by atoms with E-state index in [1.165, 1.54) is 23.8 Å². The monoisotopic (exact) mass is 785 g/mol. The van der Waals surface area contributed by atoms with Crippen molar-refractivity contribution in [3.05, 3.63) is 101 Å². The van der Waals surface area contributed by atoms with Crippen LogP contribution in [0.2, 0.25) is 0 Å². The molecule has 9 nitrogen and oxygen atoms in total. The molecule has 0 aliphatic heterocycles. The molecule has 0 aliphatic carbocycles.